The van der Waals surface area contributed by atoms with Crippen LogP contribution in [0.1, 0.15) is 6.42 Å². The molecule has 2 rings (SSSR count). The van der Waals surface area contributed by atoms with Gasteiger partial charge in [-0.05, 0) is 18.2 Å². The molecule has 0 unspecified atom stereocenters. The SMILES string of the molecule is O=C(NCC(F)(F)F)[C@@H]1CC(=O)N(c2cccc(Br)c2)C1. The molecule has 8 heteroatoms. The summed E-state index contributed by atoms with van der Waals surface area (Å²) in [7, 11) is 0. The molecule has 0 aliphatic carbocycles. The Balaban J connectivity index is 2.01. The molecule has 0 saturated carbocycles. The second-order valence-corrected chi connectivity index (χ2v) is 5.63. The number of nitrogens with zero attached hydrogens (tertiary/aromatic N) is 1. The number of anilines is 1. The Morgan fingerprint density at radius 3 is 2.76 bits per heavy atom. The molecule has 1 aliphatic heterocycles. The van der Waals surface area contributed by atoms with Crippen molar-refractivity contribution in [2.24, 2.45) is 5.92 Å². The van der Waals surface area contributed by atoms with Crippen molar-refractivity contribution in [1.29, 1.82) is 0 Å². The molecule has 0 radical (unpaired) electrons. The van der Waals surface area contributed by atoms with Crippen molar-refractivity contribution in [2.75, 3.05) is 18.0 Å². The number of carbonyl (C=O) groups excluding carboxylic acids is 2. The third kappa shape index (κ3) is 4.20. The van der Waals surface area contributed by atoms with E-state index in [0.29, 0.717) is 5.69 Å². The zero-order valence-electron chi connectivity index (χ0n) is 10.8. The number of carbonyl (C=O) groups is 2. The summed E-state index contributed by atoms with van der Waals surface area (Å²) in [5, 5.41) is 1.82. The first-order chi connectivity index (χ1) is 9.76. The van der Waals surface area contributed by atoms with Crippen LogP contribution in [0.2, 0.25) is 0 Å². The highest BCUT2D eigenvalue weighted by Crippen LogP contribution is 2.27. The maximum atomic E-state index is 12.1. The van der Waals surface area contributed by atoms with Crippen LogP contribution in [-0.2, 0) is 9.59 Å². The van der Waals surface area contributed by atoms with Crippen molar-refractivity contribution in [3.63, 3.8) is 0 Å². The lowest BCUT2D eigenvalue weighted by Crippen LogP contribution is -2.38. The lowest BCUT2D eigenvalue weighted by molar-refractivity contribution is -0.140. The lowest BCUT2D eigenvalue weighted by atomic mass is 10.1. The minimum Gasteiger partial charge on any atom is -0.347 e. The fourth-order valence-electron chi connectivity index (χ4n) is 2.11. The molecule has 1 aromatic carbocycles. The number of nitrogens with one attached hydrogen (secondary N) is 1. The molecule has 1 saturated heterocycles. The average molecular weight is 365 g/mol. The van der Waals surface area contributed by atoms with Gasteiger partial charge >= 0.3 is 6.18 Å². The minimum atomic E-state index is -4.46. The maximum Gasteiger partial charge on any atom is 0.405 e. The molecule has 0 aromatic heterocycles. The molecule has 2 amide bonds. The topological polar surface area (TPSA) is 49.4 Å². The van der Waals surface area contributed by atoms with E-state index in [-0.39, 0.29) is 18.9 Å². The third-order valence-corrected chi connectivity index (χ3v) is 3.57. The van der Waals surface area contributed by atoms with E-state index in [2.05, 4.69) is 15.9 Å². The Morgan fingerprint density at radius 1 is 1.43 bits per heavy atom. The Labute approximate surface area is 127 Å². The molecule has 1 aliphatic rings. The van der Waals surface area contributed by atoms with Crippen molar-refractivity contribution in [1.82, 2.24) is 5.32 Å². The molecule has 0 spiro atoms. The van der Waals surface area contributed by atoms with E-state index in [1.54, 1.807) is 24.3 Å². The van der Waals surface area contributed by atoms with Crippen LogP contribution in [0.4, 0.5) is 18.9 Å². The van der Waals surface area contributed by atoms with Crippen LogP contribution in [0.15, 0.2) is 28.7 Å². The Bertz CT molecular complexity index is 563. The van der Waals surface area contributed by atoms with Gasteiger partial charge in [0, 0.05) is 23.1 Å². The Hall–Kier alpha value is -1.57. The number of amides is 2. The van der Waals surface area contributed by atoms with Crippen molar-refractivity contribution in [3.8, 4) is 0 Å². The van der Waals surface area contributed by atoms with Gasteiger partial charge in [0.1, 0.15) is 6.54 Å². The molecule has 1 aromatic rings. The highest BCUT2D eigenvalue weighted by atomic mass is 79.9. The molecule has 4 nitrogen and oxygen atoms in total. The van der Waals surface area contributed by atoms with E-state index in [1.165, 1.54) is 4.90 Å². The van der Waals surface area contributed by atoms with Gasteiger partial charge in [-0.1, -0.05) is 22.0 Å². The highest BCUT2D eigenvalue weighted by molar-refractivity contribution is 9.10. The van der Waals surface area contributed by atoms with Gasteiger partial charge < -0.3 is 10.2 Å². The molecule has 1 atom stereocenters. The summed E-state index contributed by atoms with van der Waals surface area (Å²) < 4.78 is 37.0. The van der Waals surface area contributed by atoms with Crippen LogP contribution in [-0.4, -0.2) is 31.1 Å². The van der Waals surface area contributed by atoms with E-state index in [0.717, 1.165) is 4.47 Å². The third-order valence-electron chi connectivity index (χ3n) is 3.08. The van der Waals surface area contributed by atoms with Crippen LogP contribution in [0.25, 0.3) is 0 Å². The normalized spacial score (nSPS) is 19.0. The molecule has 21 heavy (non-hydrogen) atoms. The second kappa shape index (κ2) is 6.05. The summed E-state index contributed by atoms with van der Waals surface area (Å²) in [6, 6.07) is 6.95. The lowest BCUT2D eigenvalue weighted by Gasteiger charge is -2.17. The Kier molecular flexibility index (Phi) is 4.55. The average Bonchev–Trinajstić information content (AvgIpc) is 2.77. The van der Waals surface area contributed by atoms with Crippen molar-refractivity contribution < 1.29 is 22.8 Å². The van der Waals surface area contributed by atoms with Gasteiger partial charge in [-0.15, -0.1) is 0 Å². The number of alkyl halides is 3. The van der Waals surface area contributed by atoms with Crippen LogP contribution < -0.4 is 10.2 Å². The monoisotopic (exact) mass is 364 g/mol. The maximum absolute atomic E-state index is 12.1. The summed E-state index contributed by atoms with van der Waals surface area (Å²) >= 11 is 3.28. The number of halogens is 4. The highest BCUT2D eigenvalue weighted by Gasteiger charge is 2.36. The quantitative estimate of drug-likeness (QED) is 0.895. The van der Waals surface area contributed by atoms with Crippen LogP contribution >= 0.6 is 15.9 Å². The van der Waals surface area contributed by atoms with Crippen molar-refractivity contribution in [3.05, 3.63) is 28.7 Å². The molecule has 114 valence electrons. The van der Waals surface area contributed by atoms with Gasteiger partial charge in [-0.3, -0.25) is 9.59 Å². The first-order valence-electron chi connectivity index (χ1n) is 6.16. The van der Waals surface area contributed by atoms with Gasteiger partial charge in [0.05, 0.1) is 5.92 Å². The summed E-state index contributed by atoms with van der Waals surface area (Å²) in [6.45, 7) is -1.30. The number of hydrogen-bond acceptors (Lipinski definition) is 2. The first kappa shape index (κ1) is 15.8. The minimum absolute atomic E-state index is 0.0823. The van der Waals surface area contributed by atoms with Crippen LogP contribution in [0.5, 0.6) is 0 Å². The van der Waals surface area contributed by atoms with Gasteiger partial charge in [0.2, 0.25) is 11.8 Å². The van der Waals surface area contributed by atoms with E-state index in [9.17, 15) is 22.8 Å². The molecule has 0 bridgehead atoms. The predicted octanol–water partition coefficient (Wildman–Crippen LogP) is 2.48. The summed E-state index contributed by atoms with van der Waals surface area (Å²) in [4.78, 5) is 25.0. The smallest absolute Gasteiger partial charge is 0.347 e. The van der Waals surface area contributed by atoms with Crippen LogP contribution in [0, 0.1) is 5.92 Å². The first-order valence-corrected chi connectivity index (χ1v) is 6.96. The van der Waals surface area contributed by atoms with E-state index in [1.807, 2.05) is 5.32 Å². The predicted molar refractivity (Wildman–Crippen MR) is 73.7 cm³/mol. The molecule has 1 N–H and O–H groups in total. The van der Waals surface area contributed by atoms with Gasteiger partial charge in [-0.2, -0.15) is 13.2 Å². The number of rotatable bonds is 3. The van der Waals surface area contributed by atoms with E-state index >= 15 is 0 Å². The molecule has 1 fully saturated rings. The largest absolute Gasteiger partial charge is 0.405 e. The zero-order valence-corrected chi connectivity index (χ0v) is 12.4. The van der Waals surface area contributed by atoms with Gasteiger partial charge in [-0.25, -0.2) is 0 Å². The molecular formula is C13H12BrF3N2O2. The number of hydrogen-bond donors (Lipinski definition) is 1. The summed E-state index contributed by atoms with van der Waals surface area (Å²) in [5.41, 5.74) is 0.612. The standard InChI is InChI=1S/C13H12BrF3N2O2/c14-9-2-1-3-10(5-9)19-6-8(4-11(19)20)12(21)18-7-13(15,16)17/h1-3,5,8H,4,6-7H2,(H,18,21)/t8-/m1/s1. The fraction of sp³-hybridized carbons (Fsp3) is 0.385. The van der Waals surface area contributed by atoms with Gasteiger partial charge in [0.25, 0.3) is 0 Å². The van der Waals surface area contributed by atoms with E-state index < -0.39 is 24.5 Å². The fourth-order valence-corrected chi connectivity index (χ4v) is 2.50. The van der Waals surface area contributed by atoms with Crippen molar-refractivity contribution in [2.45, 2.75) is 12.6 Å². The summed E-state index contributed by atoms with van der Waals surface area (Å²) in [5.74, 6) is -1.79. The Morgan fingerprint density at radius 2 is 2.14 bits per heavy atom. The zero-order chi connectivity index (χ0) is 15.6. The molecule has 1 heterocycles. The second-order valence-electron chi connectivity index (χ2n) is 4.72. The molecular weight excluding hydrogens is 353 g/mol. The summed E-state index contributed by atoms with van der Waals surface area (Å²) in [6.07, 6.45) is -4.54. The van der Waals surface area contributed by atoms with E-state index in [4.69, 9.17) is 0 Å². The van der Waals surface area contributed by atoms with Crippen LogP contribution in [0.3, 0.4) is 0 Å². The van der Waals surface area contributed by atoms with Gasteiger partial charge in [0.15, 0.2) is 0 Å². The number of benzene rings is 1. The van der Waals surface area contributed by atoms with Crippen molar-refractivity contribution >= 4 is 33.4 Å².